The highest BCUT2D eigenvalue weighted by atomic mass is 32.2. The molecule has 112 valence electrons. The van der Waals surface area contributed by atoms with E-state index in [1.807, 2.05) is 6.92 Å². The molecule has 2 unspecified atom stereocenters. The number of alkyl halides is 3. The monoisotopic (exact) mass is 307 g/mol. The summed E-state index contributed by atoms with van der Waals surface area (Å²) in [4.78, 5) is -0.699. The van der Waals surface area contributed by atoms with Crippen LogP contribution < -0.4 is 5.32 Å². The Labute approximate surface area is 116 Å². The van der Waals surface area contributed by atoms with Gasteiger partial charge in [0, 0.05) is 6.04 Å². The minimum absolute atomic E-state index is 0.0356. The van der Waals surface area contributed by atoms with Crippen LogP contribution in [0.1, 0.15) is 26.2 Å². The summed E-state index contributed by atoms with van der Waals surface area (Å²) in [5.41, 5.74) is -5.25. The Bertz CT molecular complexity index is 584. The molecule has 0 saturated heterocycles. The second-order valence-corrected chi connectivity index (χ2v) is 6.89. The summed E-state index contributed by atoms with van der Waals surface area (Å²) in [6, 6.07) is 5.25. The third-order valence-corrected chi connectivity index (χ3v) is 4.95. The lowest BCUT2D eigenvalue weighted by Gasteiger charge is -2.14. The van der Waals surface area contributed by atoms with E-state index in [0.717, 1.165) is 25.3 Å². The molecular weight excluding hydrogens is 291 g/mol. The van der Waals surface area contributed by atoms with Gasteiger partial charge in [0.2, 0.25) is 0 Å². The van der Waals surface area contributed by atoms with Gasteiger partial charge >= 0.3 is 5.51 Å². The molecular formula is C13H16F3NO2S. The first-order chi connectivity index (χ1) is 9.27. The number of anilines is 1. The molecule has 3 nitrogen and oxygen atoms in total. The van der Waals surface area contributed by atoms with E-state index >= 15 is 0 Å². The van der Waals surface area contributed by atoms with E-state index in [4.69, 9.17) is 0 Å². The number of hydrogen-bond acceptors (Lipinski definition) is 3. The molecule has 2 rings (SSSR count). The number of benzene rings is 1. The third-order valence-electron chi connectivity index (χ3n) is 3.40. The first kappa shape index (κ1) is 15.2. The van der Waals surface area contributed by atoms with Crippen LogP contribution in [0.4, 0.5) is 18.9 Å². The summed E-state index contributed by atoms with van der Waals surface area (Å²) >= 11 is 0. The molecule has 1 aliphatic rings. The first-order valence-electron chi connectivity index (χ1n) is 6.44. The summed E-state index contributed by atoms with van der Waals surface area (Å²) in [5, 5.41) is 2.92. The average molecular weight is 307 g/mol. The maximum atomic E-state index is 12.6. The van der Waals surface area contributed by atoms with Crippen molar-refractivity contribution in [3.05, 3.63) is 24.3 Å². The zero-order valence-electron chi connectivity index (χ0n) is 10.9. The van der Waals surface area contributed by atoms with E-state index < -0.39 is 20.2 Å². The van der Waals surface area contributed by atoms with E-state index in [9.17, 15) is 21.6 Å². The Hall–Kier alpha value is -1.24. The molecule has 1 aromatic carbocycles. The van der Waals surface area contributed by atoms with E-state index in [1.165, 1.54) is 18.2 Å². The molecule has 1 aromatic rings. The Morgan fingerprint density at radius 2 is 1.95 bits per heavy atom. The van der Waals surface area contributed by atoms with Crippen molar-refractivity contribution in [3.63, 3.8) is 0 Å². The second-order valence-electron chi connectivity index (χ2n) is 4.98. The average Bonchev–Trinajstić information content (AvgIpc) is 3.07. The predicted octanol–water partition coefficient (Wildman–Crippen LogP) is 3.58. The molecule has 0 amide bonds. The summed E-state index contributed by atoms with van der Waals surface area (Å²) in [5.74, 6) is 0.418. The molecule has 20 heavy (non-hydrogen) atoms. The number of sulfone groups is 1. The molecule has 0 aromatic heterocycles. The molecule has 0 heterocycles. The third kappa shape index (κ3) is 2.92. The van der Waals surface area contributed by atoms with Crippen LogP contribution in [0.3, 0.4) is 0 Å². The number of para-hydroxylation sites is 1. The molecule has 1 fully saturated rings. The zero-order chi connectivity index (χ0) is 15.0. The van der Waals surface area contributed by atoms with Gasteiger partial charge < -0.3 is 5.32 Å². The minimum Gasteiger partial charge on any atom is -0.381 e. The van der Waals surface area contributed by atoms with E-state index in [1.54, 1.807) is 0 Å². The van der Waals surface area contributed by atoms with E-state index in [0.29, 0.717) is 5.92 Å². The summed E-state index contributed by atoms with van der Waals surface area (Å²) < 4.78 is 60.9. The van der Waals surface area contributed by atoms with Gasteiger partial charge in [0.1, 0.15) is 0 Å². The molecule has 2 atom stereocenters. The smallest absolute Gasteiger partial charge is 0.381 e. The highest BCUT2D eigenvalue weighted by molar-refractivity contribution is 7.92. The molecule has 0 radical (unpaired) electrons. The quantitative estimate of drug-likeness (QED) is 0.904. The van der Waals surface area contributed by atoms with Gasteiger partial charge in [-0.25, -0.2) is 8.42 Å². The Morgan fingerprint density at radius 1 is 1.30 bits per heavy atom. The van der Waals surface area contributed by atoms with Gasteiger partial charge in [-0.3, -0.25) is 0 Å². The fourth-order valence-electron chi connectivity index (χ4n) is 2.26. The molecule has 0 spiro atoms. The fourth-order valence-corrected chi connectivity index (χ4v) is 3.18. The van der Waals surface area contributed by atoms with Crippen molar-refractivity contribution in [1.29, 1.82) is 0 Å². The minimum atomic E-state index is -5.32. The Balaban J connectivity index is 2.24. The van der Waals surface area contributed by atoms with Crippen LogP contribution in [-0.2, 0) is 9.84 Å². The molecule has 7 heteroatoms. The van der Waals surface area contributed by atoms with Crippen molar-refractivity contribution in [2.45, 2.75) is 42.6 Å². The highest BCUT2D eigenvalue weighted by Crippen LogP contribution is 2.40. The van der Waals surface area contributed by atoms with Crippen LogP contribution in [0.2, 0.25) is 0 Å². The van der Waals surface area contributed by atoms with Crippen LogP contribution in [0.25, 0.3) is 0 Å². The maximum Gasteiger partial charge on any atom is 0.501 e. The van der Waals surface area contributed by atoms with Crippen LogP contribution in [0.15, 0.2) is 29.2 Å². The normalized spacial score (nSPS) is 22.6. The van der Waals surface area contributed by atoms with Gasteiger partial charge in [0.15, 0.2) is 0 Å². The lowest BCUT2D eigenvalue weighted by atomic mass is 10.2. The van der Waals surface area contributed by atoms with Crippen molar-refractivity contribution >= 4 is 15.5 Å². The molecule has 1 aliphatic carbocycles. The van der Waals surface area contributed by atoms with Crippen LogP contribution >= 0.6 is 0 Å². The number of hydrogen-bond donors (Lipinski definition) is 1. The van der Waals surface area contributed by atoms with Gasteiger partial charge in [-0.05, 0) is 30.9 Å². The first-order valence-corrected chi connectivity index (χ1v) is 7.92. The number of nitrogens with one attached hydrogen (secondary N) is 1. The standard InChI is InChI=1S/C13H16F3NO2S/c1-2-5-9-8-11(9)17-10-6-3-4-7-12(10)20(18,19)13(14,15)16/h3-4,6-7,9,11,17H,2,5,8H2,1H3. The fraction of sp³-hybridized carbons (Fsp3) is 0.538. The van der Waals surface area contributed by atoms with Gasteiger partial charge in [-0.15, -0.1) is 0 Å². The predicted molar refractivity (Wildman–Crippen MR) is 70.1 cm³/mol. The van der Waals surface area contributed by atoms with Crippen molar-refractivity contribution in [2.75, 3.05) is 5.32 Å². The second kappa shape index (κ2) is 5.27. The van der Waals surface area contributed by atoms with Crippen LogP contribution in [0.5, 0.6) is 0 Å². The number of rotatable bonds is 5. The SMILES string of the molecule is CCCC1CC1Nc1ccccc1S(=O)(=O)C(F)(F)F. The Kier molecular flexibility index (Phi) is 4.00. The number of halogens is 3. The lowest BCUT2D eigenvalue weighted by Crippen LogP contribution is -2.24. The molecule has 1 N–H and O–H groups in total. The highest BCUT2D eigenvalue weighted by Gasteiger charge is 2.48. The van der Waals surface area contributed by atoms with E-state index in [2.05, 4.69) is 5.32 Å². The van der Waals surface area contributed by atoms with Gasteiger partial charge in [0.25, 0.3) is 9.84 Å². The summed E-state index contributed by atoms with van der Waals surface area (Å²) in [6.07, 6.45) is 2.87. The van der Waals surface area contributed by atoms with Gasteiger partial charge in [0.05, 0.1) is 10.6 Å². The Morgan fingerprint density at radius 3 is 2.55 bits per heavy atom. The lowest BCUT2D eigenvalue weighted by molar-refractivity contribution is -0.0435. The van der Waals surface area contributed by atoms with Crippen molar-refractivity contribution in [2.24, 2.45) is 5.92 Å². The summed E-state index contributed by atoms with van der Waals surface area (Å²) in [7, 11) is -5.32. The topological polar surface area (TPSA) is 46.2 Å². The maximum absolute atomic E-state index is 12.6. The van der Waals surface area contributed by atoms with Crippen molar-refractivity contribution < 1.29 is 21.6 Å². The molecule has 0 bridgehead atoms. The van der Waals surface area contributed by atoms with Crippen LogP contribution in [-0.4, -0.2) is 20.0 Å². The van der Waals surface area contributed by atoms with Gasteiger partial charge in [-0.1, -0.05) is 25.5 Å². The van der Waals surface area contributed by atoms with Crippen molar-refractivity contribution in [1.82, 2.24) is 0 Å². The van der Waals surface area contributed by atoms with Crippen LogP contribution in [0, 0.1) is 5.92 Å². The largest absolute Gasteiger partial charge is 0.501 e. The molecule has 1 saturated carbocycles. The van der Waals surface area contributed by atoms with E-state index in [-0.39, 0.29) is 11.7 Å². The van der Waals surface area contributed by atoms with Crippen molar-refractivity contribution in [3.8, 4) is 0 Å². The van der Waals surface area contributed by atoms with Gasteiger partial charge in [-0.2, -0.15) is 13.2 Å². The summed E-state index contributed by atoms with van der Waals surface area (Å²) in [6.45, 7) is 2.04. The zero-order valence-corrected chi connectivity index (χ0v) is 11.8. The molecule has 0 aliphatic heterocycles.